The molecule has 3 heteroatoms. The third kappa shape index (κ3) is 8.26. The van der Waals surface area contributed by atoms with Crippen LogP contribution in [0.15, 0.2) is 0 Å². The first-order chi connectivity index (χ1) is 5.31. The van der Waals surface area contributed by atoms with Crippen molar-refractivity contribution in [1.82, 2.24) is 5.32 Å². The van der Waals surface area contributed by atoms with Crippen molar-refractivity contribution in [2.45, 2.75) is 20.3 Å². The first kappa shape index (κ1) is 11.4. The number of Topliss-reactive ketones (excluding diaryl/α,β-unsaturated/α-hetero) is 1. The van der Waals surface area contributed by atoms with Gasteiger partial charge in [-0.2, -0.15) is 0 Å². The summed E-state index contributed by atoms with van der Waals surface area (Å²) in [5.41, 5.74) is 0. The molecule has 0 bridgehead atoms. The molecule has 11 heavy (non-hydrogen) atoms. The molecule has 0 rings (SSSR count). The van der Waals surface area contributed by atoms with Gasteiger partial charge in [0.25, 0.3) is 0 Å². The molecule has 0 aliphatic rings. The number of likely N-dealkylation sites (N-methyl/N-ethyl adjacent to an activating group) is 1. The fraction of sp³-hybridized carbons (Fsp3) is 0.875. The maximum atomic E-state index is 11.0. The van der Waals surface area contributed by atoms with Gasteiger partial charge in [-0.3, -0.25) is 0 Å². The molecule has 0 heterocycles. The summed E-state index contributed by atoms with van der Waals surface area (Å²) in [6.07, 6.45) is 0.800. The van der Waals surface area contributed by atoms with Crippen LogP contribution in [-0.2, 0) is 4.79 Å². The summed E-state index contributed by atoms with van der Waals surface area (Å²) in [6.45, 7) is 5.69. The number of carbonyl (C=O) groups is 1. The van der Waals surface area contributed by atoms with Crippen LogP contribution in [-0.4, -0.2) is 27.7 Å². The van der Waals surface area contributed by atoms with Gasteiger partial charge in [-0.25, -0.2) is 0 Å². The second-order valence-corrected chi connectivity index (χ2v) is 5.90. The zero-order valence-corrected chi connectivity index (χ0v) is 9.48. The third-order valence-corrected chi connectivity index (χ3v) is 3.65. The van der Waals surface area contributed by atoms with E-state index in [1.165, 1.54) is 8.86 Å². The second-order valence-electron chi connectivity index (χ2n) is 2.21. The van der Waals surface area contributed by atoms with Crippen LogP contribution >= 0.6 is 0 Å². The summed E-state index contributed by atoms with van der Waals surface area (Å²) in [6, 6.07) is 0. The Morgan fingerprint density at radius 3 is 2.73 bits per heavy atom. The first-order valence-corrected chi connectivity index (χ1v) is 7.12. The van der Waals surface area contributed by atoms with Gasteiger partial charge in [-0.15, -0.1) is 0 Å². The molecule has 0 amide bonds. The fourth-order valence-corrected chi connectivity index (χ4v) is 2.40. The molecule has 0 aliphatic heterocycles. The average Bonchev–Trinajstić information content (AvgIpc) is 2.01. The normalized spacial score (nSPS) is 10.4. The standard InChI is InChI=1S/C8H17INO/c1-3-9-6-5-8(11)7-10-4-2/h10H,3-7H2,1-2H3/q-1. The molecule has 0 aliphatic carbocycles. The number of hydrogen-bond donors (Lipinski definition) is 1. The van der Waals surface area contributed by atoms with E-state index in [4.69, 9.17) is 0 Å². The first-order valence-electron chi connectivity index (χ1n) is 4.07. The SMILES string of the molecule is CCNCC(=O)CC[I-]CC. The van der Waals surface area contributed by atoms with E-state index in [1.54, 1.807) is 0 Å². The summed E-state index contributed by atoms with van der Waals surface area (Å²) in [7, 11) is 0. The van der Waals surface area contributed by atoms with Crippen molar-refractivity contribution in [3.05, 3.63) is 0 Å². The quantitative estimate of drug-likeness (QED) is 0.319. The van der Waals surface area contributed by atoms with Gasteiger partial charge in [0.2, 0.25) is 0 Å². The van der Waals surface area contributed by atoms with Crippen molar-refractivity contribution in [1.29, 1.82) is 0 Å². The number of halogens is 1. The van der Waals surface area contributed by atoms with E-state index >= 15 is 0 Å². The Labute approximate surface area is 79.4 Å². The van der Waals surface area contributed by atoms with E-state index in [1.807, 2.05) is 6.92 Å². The predicted molar refractivity (Wildman–Crippen MR) is 43.6 cm³/mol. The zero-order chi connectivity index (χ0) is 8.53. The van der Waals surface area contributed by atoms with Gasteiger partial charge in [0.05, 0.1) is 0 Å². The van der Waals surface area contributed by atoms with Gasteiger partial charge in [0.1, 0.15) is 0 Å². The summed E-state index contributed by atoms with van der Waals surface area (Å²) < 4.78 is 2.47. The van der Waals surface area contributed by atoms with Crippen molar-refractivity contribution in [2.24, 2.45) is 0 Å². The molecule has 0 aromatic carbocycles. The van der Waals surface area contributed by atoms with Crippen LogP contribution in [0.1, 0.15) is 20.3 Å². The van der Waals surface area contributed by atoms with Crippen LogP contribution in [0.4, 0.5) is 0 Å². The Kier molecular flexibility index (Phi) is 8.73. The van der Waals surface area contributed by atoms with E-state index in [0.717, 1.165) is 13.0 Å². The monoisotopic (exact) mass is 270 g/mol. The third-order valence-electron chi connectivity index (χ3n) is 1.27. The van der Waals surface area contributed by atoms with Crippen molar-refractivity contribution >= 4 is 5.78 Å². The molecule has 0 radical (unpaired) electrons. The molecule has 0 aromatic rings. The topological polar surface area (TPSA) is 29.1 Å². The van der Waals surface area contributed by atoms with Gasteiger partial charge in [-0.05, 0) is 0 Å². The maximum absolute atomic E-state index is 11.0. The number of hydrogen-bond acceptors (Lipinski definition) is 2. The summed E-state index contributed by atoms with van der Waals surface area (Å²) in [5.74, 6) is 0.375. The molecule has 0 fully saturated rings. The van der Waals surface area contributed by atoms with Crippen molar-refractivity contribution in [3.63, 3.8) is 0 Å². The summed E-state index contributed by atoms with van der Waals surface area (Å²) in [5, 5.41) is 3.04. The molecule has 0 aromatic heterocycles. The molecule has 0 atom stereocenters. The number of nitrogens with one attached hydrogen (secondary N) is 1. The Hall–Kier alpha value is 0.360. The van der Waals surface area contributed by atoms with E-state index in [0.29, 0.717) is 33.5 Å². The molecule has 0 spiro atoms. The second kappa shape index (κ2) is 8.46. The number of ketones is 1. The van der Waals surface area contributed by atoms with Crippen LogP contribution < -0.4 is 26.5 Å². The van der Waals surface area contributed by atoms with Crippen molar-refractivity contribution in [3.8, 4) is 0 Å². The molecule has 68 valence electrons. The van der Waals surface area contributed by atoms with Crippen molar-refractivity contribution < 1.29 is 26.0 Å². The van der Waals surface area contributed by atoms with Crippen LogP contribution in [0, 0.1) is 0 Å². The number of rotatable bonds is 7. The Balaban J connectivity index is 3.09. The van der Waals surface area contributed by atoms with Crippen LogP contribution in [0.2, 0.25) is 0 Å². The zero-order valence-electron chi connectivity index (χ0n) is 7.32. The fourth-order valence-electron chi connectivity index (χ4n) is 0.659. The molecular formula is C8H17INO-. The minimum atomic E-state index is 0.330. The van der Waals surface area contributed by atoms with Crippen molar-refractivity contribution in [2.75, 3.05) is 21.9 Å². The van der Waals surface area contributed by atoms with Gasteiger partial charge >= 0.3 is 79.3 Å². The Bertz CT molecular complexity index is 106. The molecule has 2 nitrogen and oxygen atoms in total. The summed E-state index contributed by atoms with van der Waals surface area (Å²) in [4.78, 5) is 11.0. The Morgan fingerprint density at radius 1 is 1.45 bits per heavy atom. The molecule has 0 unspecified atom stereocenters. The molecular weight excluding hydrogens is 253 g/mol. The number of carbonyl (C=O) groups excluding carboxylic acids is 1. The van der Waals surface area contributed by atoms with Crippen LogP contribution in [0.3, 0.4) is 0 Å². The van der Waals surface area contributed by atoms with E-state index in [2.05, 4.69) is 12.2 Å². The van der Waals surface area contributed by atoms with E-state index < -0.39 is 0 Å². The summed E-state index contributed by atoms with van der Waals surface area (Å²) >= 11 is 0.330. The van der Waals surface area contributed by atoms with Crippen LogP contribution in [0.5, 0.6) is 0 Å². The van der Waals surface area contributed by atoms with Gasteiger partial charge < -0.3 is 0 Å². The predicted octanol–water partition coefficient (Wildman–Crippen LogP) is -2.34. The van der Waals surface area contributed by atoms with Gasteiger partial charge in [0.15, 0.2) is 0 Å². The minimum absolute atomic E-state index is 0.330. The van der Waals surface area contributed by atoms with Gasteiger partial charge in [0, 0.05) is 0 Å². The Morgan fingerprint density at radius 2 is 2.18 bits per heavy atom. The van der Waals surface area contributed by atoms with E-state index in [-0.39, 0.29) is 0 Å². The van der Waals surface area contributed by atoms with Crippen LogP contribution in [0.25, 0.3) is 0 Å². The molecule has 1 N–H and O–H groups in total. The molecule has 0 saturated carbocycles. The van der Waals surface area contributed by atoms with E-state index in [9.17, 15) is 4.79 Å². The molecule has 0 saturated heterocycles. The number of alkyl halides is 2. The average molecular weight is 270 g/mol. The van der Waals surface area contributed by atoms with Gasteiger partial charge in [-0.1, -0.05) is 0 Å².